The van der Waals surface area contributed by atoms with E-state index in [0.29, 0.717) is 6.61 Å². The molecule has 1 aromatic carbocycles. The Morgan fingerprint density at radius 1 is 1.15 bits per heavy atom. The Hall–Kier alpha value is -1.94. The highest BCUT2D eigenvalue weighted by Crippen LogP contribution is 2.19. The number of aromatic nitrogens is 2. The van der Waals surface area contributed by atoms with E-state index in [1.807, 2.05) is 18.2 Å². The van der Waals surface area contributed by atoms with Crippen LogP contribution in [0.4, 0.5) is 5.82 Å². The van der Waals surface area contributed by atoms with Crippen molar-refractivity contribution in [1.29, 1.82) is 0 Å². The van der Waals surface area contributed by atoms with Crippen molar-refractivity contribution in [2.75, 3.05) is 19.0 Å². The second kappa shape index (κ2) is 7.01. The molecular weight excluding hydrogens is 250 g/mol. The van der Waals surface area contributed by atoms with Crippen molar-refractivity contribution in [2.45, 2.75) is 26.9 Å². The summed E-state index contributed by atoms with van der Waals surface area (Å²) in [4.78, 5) is 9.13. The summed E-state index contributed by atoms with van der Waals surface area (Å²) >= 11 is 0. The normalized spacial score (nSPS) is 10.6. The lowest BCUT2D eigenvalue weighted by Gasteiger charge is -2.09. The quantitative estimate of drug-likeness (QED) is 0.874. The first-order valence-corrected chi connectivity index (χ1v) is 6.90. The van der Waals surface area contributed by atoms with Gasteiger partial charge in [-0.15, -0.1) is 0 Å². The SMILES string of the molecule is CCCNc1cc(COC)nc(-c2ccc(C)cc2)n1. The van der Waals surface area contributed by atoms with Gasteiger partial charge in [0, 0.05) is 25.3 Å². The van der Waals surface area contributed by atoms with Crippen LogP contribution in [0.2, 0.25) is 0 Å². The Labute approximate surface area is 120 Å². The van der Waals surface area contributed by atoms with Gasteiger partial charge in [-0.05, 0) is 13.3 Å². The molecule has 0 saturated carbocycles. The second-order valence-corrected chi connectivity index (χ2v) is 4.79. The highest BCUT2D eigenvalue weighted by atomic mass is 16.5. The molecule has 106 valence electrons. The van der Waals surface area contributed by atoms with Crippen molar-refractivity contribution >= 4 is 5.82 Å². The van der Waals surface area contributed by atoms with E-state index in [1.165, 1.54) is 5.56 Å². The van der Waals surface area contributed by atoms with Crippen LogP contribution in [0, 0.1) is 6.92 Å². The zero-order valence-electron chi connectivity index (χ0n) is 12.3. The van der Waals surface area contributed by atoms with Crippen LogP contribution in [0.5, 0.6) is 0 Å². The summed E-state index contributed by atoms with van der Waals surface area (Å²) in [7, 11) is 1.67. The van der Waals surface area contributed by atoms with Crippen LogP contribution in [0.25, 0.3) is 11.4 Å². The highest BCUT2D eigenvalue weighted by Gasteiger charge is 2.06. The van der Waals surface area contributed by atoms with Gasteiger partial charge in [-0.2, -0.15) is 0 Å². The van der Waals surface area contributed by atoms with Crippen molar-refractivity contribution in [2.24, 2.45) is 0 Å². The summed E-state index contributed by atoms with van der Waals surface area (Å²) in [5, 5.41) is 3.31. The summed E-state index contributed by atoms with van der Waals surface area (Å²) in [5.74, 6) is 1.59. The number of nitrogens with one attached hydrogen (secondary N) is 1. The van der Waals surface area contributed by atoms with Gasteiger partial charge in [0.25, 0.3) is 0 Å². The van der Waals surface area contributed by atoms with Crippen LogP contribution < -0.4 is 5.32 Å². The highest BCUT2D eigenvalue weighted by molar-refractivity contribution is 5.58. The molecule has 0 atom stereocenters. The van der Waals surface area contributed by atoms with Gasteiger partial charge in [0.2, 0.25) is 0 Å². The third-order valence-corrected chi connectivity index (χ3v) is 2.94. The van der Waals surface area contributed by atoms with Gasteiger partial charge < -0.3 is 10.1 Å². The summed E-state index contributed by atoms with van der Waals surface area (Å²) in [6, 6.07) is 10.2. The summed E-state index contributed by atoms with van der Waals surface area (Å²) in [6.07, 6.45) is 1.06. The van der Waals surface area contributed by atoms with Crippen LogP contribution >= 0.6 is 0 Å². The third kappa shape index (κ3) is 3.78. The number of ether oxygens (including phenoxy) is 1. The van der Waals surface area contributed by atoms with Crippen LogP contribution in [-0.4, -0.2) is 23.6 Å². The van der Waals surface area contributed by atoms with Gasteiger partial charge in [0.05, 0.1) is 12.3 Å². The van der Waals surface area contributed by atoms with Crippen molar-refractivity contribution in [3.8, 4) is 11.4 Å². The first-order chi connectivity index (χ1) is 9.72. The molecule has 0 bridgehead atoms. The van der Waals surface area contributed by atoms with Crippen molar-refractivity contribution in [3.05, 3.63) is 41.6 Å². The molecular formula is C16H21N3O. The topological polar surface area (TPSA) is 47.0 Å². The lowest BCUT2D eigenvalue weighted by molar-refractivity contribution is 0.181. The number of rotatable bonds is 6. The number of hydrogen-bond acceptors (Lipinski definition) is 4. The Kier molecular flexibility index (Phi) is 5.07. The van der Waals surface area contributed by atoms with E-state index in [4.69, 9.17) is 4.74 Å². The minimum Gasteiger partial charge on any atom is -0.378 e. The molecule has 4 heteroatoms. The van der Waals surface area contributed by atoms with Gasteiger partial charge in [-0.3, -0.25) is 0 Å². The maximum atomic E-state index is 5.18. The molecule has 0 saturated heterocycles. The van der Waals surface area contributed by atoms with Crippen LogP contribution in [0.1, 0.15) is 24.6 Å². The van der Waals surface area contributed by atoms with Gasteiger partial charge in [0.1, 0.15) is 5.82 Å². The van der Waals surface area contributed by atoms with Crippen LogP contribution in [0.15, 0.2) is 30.3 Å². The number of aryl methyl sites for hydroxylation is 1. The predicted octanol–water partition coefficient (Wildman–Crippen LogP) is 3.42. The molecule has 0 aliphatic carbocycles. The Balaban J connectivity index is 2.34. The molecule has 4 nitrogen and oxygen atoms in total. The largest absolute Gasteiger partial charge is 0.378 e. The molecule has 0 fully saturated rings. The molecule has 0 radical (unpaired) electrons. The zero-order chi connectivity index (χ0) is 14.4. The van der Waals surface area contributed by atoms with Gasteiger partial charge in [0.15, 0.2) is 5.82 Å². The van der Waals surface area contributed by atoms with Gasteiger partial charge in [-0.1, -0.05) is 36.8 Å². The summed E-state index contributed by atoms with van der Waals surface area (Å²) < 4.78 is 5.18. The lowest BCUT2D eigenvalue weighted by Crippen LogP contribution is -2.06. The molecule has 0 amide bonds. The van der Waals surface area contributed by atoms with E-state index in [0.717, 1.165) is 35.9 Å². The smallest absolute Gasteiger partial charge is 0.161 e. The standard InChI is InChI=1S/C16H21N3O/c1-4-9-17-15-10-14(11-20-3)18-16(19-15)13-7-5-12(2)6-8-13/h5-8,10H,4,9,11H2,1-3H3,(H,17,18,19). The van der Waals surface area contributed by atoms with E-state index in [1.54, 1.807) is 7.11 Å². The fraction of sp³-hybridized carbons (Fsp3) is 0.375. The maximum Gasteiger partial charge on any atom is 0.161 e. The van der Waals surface area contributed by atoms with Gasteiger partial charge in [-0.25, -0.2) is 9.97 Å². The molecule has 1 aromatic heterocycles. The Morgan fingerprint density at radius 3 is 2.55 bits per heavy atom. The van der Waals surface area contributed by atoms with Gasteiger partial charge >= 0.3 is 0 Å². The Morgan fingerprint density at radius 2 is 1.90 bits per heavy atom. The van der Waals surface area contributed by atoms with Crippen molar-refractivity contribution in [3.63, 3.8) is 0 Å². The van der Waals surface area contributed by atoms with E-state index in [2.05, 4.69) is 41.3 Å². The predicted molar refractivity (Wildman–Crippen MR) is 81.7 cm³/mol. The minimum atomic E-state index is 0.488. The van der Waals surface area contributed by atoms with Crippen molar-refractivity contribution in [1.82, 2.24) is 9.97 Å². The molecule has 1 N–H and O–H groups in total. The monoisotopic (exact) mass is 271 g/mol. The first kappa shape index (κ1) is 14.5. The number of methoxy groups -OCH3 is 1. The molecule has 0 unspecified atom stereocenters. The fourth-order valence-corrected chi connectivity index (χ4v) is 1.89. The number of hydrogen-bond donors (Lipinski definition) is 1. The van der Waals surface area contributed by atoms with E-state index in [-0.39, 0.29) is 0 Å². The molecule has 0 aliphatic rings. The lowest BCUT2D eigenvalue weighted by atomic mass is 10.1. The number of anilines is 1. The average Bonchev–Trinajstić information content (AvgIpc) is 2.46. The molecule has 2 aromatic rings. The molecule has 0 aliphatic heterocycles. The first-order valence-electron chi connectivity index (χ1n) is 6.90. The van der Waals surface area contributed by atoms with Crippen molar-refractivity contribution < 1.29 is 4.74 Å². The number of nitrogens with zero attached hydrogens (tertiary/aromatic N) is 2. The van der Waals surface area contributed by atoms with E-state index >= 15 is 0 Å². The van der Waals surface area contributed by atoms with E-state index in [9.17, 15) is 0 Å². The molecule has 0 spiro atoms. The molecule has 20 heavy (non-hydrogen) atoms. The number of benzene rings is 1. The van der Waals surface area contributed by atoms with E-state index < -0.39 is 0 Å². The van der Waals surface area contributed by atoms with Crippen LogP contribution in [0.3, 0.4) is 0 Å². The summed E-state index contributed by atoms with van der Waals surface area (Å²) in [6.45, 7) is 5.59. The van der Waals surface area contributed by atoms with Crippen LogP contribution in [-0.2, 0) is 11.3 Å². The zero-order valence-corrected chi connectivity index (χ0v) is 12.3. The minimum absolute atomic E-state index is 0.488. The third-order valence-electron chi connectivity index (χ3n) is 2.94. The Bertz CT molecular complexity index is 552. The molecule has 1 heterocycles. The maximum absolute atomic E-state index is 5.18. The summed E-state index contributed by atoms with van der Waals surface area (Å²) in [5.41, 5.74) is 3.14. The fourth-order valence-electron chi connectivity index (χ4n) is 1.89. The second-order valence-electron chi connectivity index (χ2n) is 4.79. The average molecular weight is 271 g/mol. The molecule has 2 rings (SSSR count).